The Morgan fingerprint density at radius 1 is 1.31 bits per heavy atom. The summed E-state index contributed by atoms with van der Waals surface area (Å²) in [5.74, 6) is 1.48. The lowest BCUT2D eigenvalue weighted by atomic mass is 9.98. The molecule has 0 aliphatic heterocycles. The summed E-state index contributed by atoms with van der Waals surface area (Å²) in [5.41, 5.74) is 2.36. The first kappa shape index (κ1) is 23.0. The molecule has 0 bridgehead atoms. The van der Waals surface area contributed by atoms with Crippen molar-refractivity contribution in [1.29, 1.82) is 0 Å². The van der Waals surface area contributed by atoms with Crippen LogP contribution in [0.1, 0.15) is 51.5 Å². The highest BCUT2D eigenvalue weighted by Crippen LogP contribution is 2.25. The van der Waals surface area contributed by atoms with E-state index >= 15 is 0 Å². The molecule has 2 rings (SSSR count). The van der Waals surface area contributed by atoms with Crippen molar-refractivity contribution in [1.82, 2.24) is 15.2 Å². The summed E-state index contributed by atoms with van der Waals surface area (Å²) < 4.78 is 11.9. The number of likely N-dealkylation sites (N-methyl/N-ethyl adjacent to an activating group) is 1. The number of nitrogens with zero attached hydrogens (tertiary/aromatic N) is 2. The van der Waals surface area contributed by atoms with Gasteiger partial charge >= 0.3 is 0 Å². The third-order valence-electron chi connectivity index (χ3n) is 5.32. The SMILES string of the molecule is C=C/C(OC)=C(\C=C(/C)N(CC)CCNCc1cccnc1)OC1CCCCC1. The van der Waals surface area contributed by atoms with Gasteiger partial charge in [0.25, 0.3) is 0 Å². The molecule has 1 aliphatic carbocycles. The molecule has 1 fully saturated rings. The first-order valence-corrected chi connectivity index (χ1v) is 10.8. The lowest BCUT2D eigenvalue weighted by Crippen LogP contribution is -2.31. The van der Waals surface area contributed by atoms with E-state index in [0.717, 1.165) is 50.5 Å². The second-order valence-electron chi connectivity index (χ2n) is 7.42. The quantitative estimate of drug-likeness (QED) is 0.311. The highest BCUT2D eigenvalue weighted by Gasteiger charge is 2.18. The van der Waals surface area contributed by atoms with Crippen molar-refractivity contribution in [2.45, 2.75) is 58.6 Å². The molecule has 1 aromatic heterocycles. The molecule has 1 aliphatic rings. The molecule has 1 heterocycles. The predicted molar refractivity (Wildman–Crippen MR) is 119 cm³/mol. The number of aromatic nitrogens is 1. The van der Waals surface area contributed by atoms with Gasteiger partial charge in [-0.3, -0.25) is 4.98 Å². The monoisotopic (exact) mass is 399 g/mol. The molecule has 0 spiro atoms. The van der Waals surface area contributed by atoms with Crippen LogP contribution in [0.15, 0.2) is 60.5 Å². The molecule has 0 saturated heterocycles. The zero-order valence-corrected chi connectivity index (χ0v) is 18.3. The van der Waals surface area contributed by atoms with Crippen molar-refractivity contribution in [2.75, 3.05) is 26.7 Å². The van der Waals surface area contributed by atoms with Gasteiger partial charge < -0.3 is 19.7 Å². The first-order chi connectivity index (χ1) is 14.2. The van der Waals surface area contributed by atoms with Crippen LogP contribution >= 0.6 is 0 Å². The predicted octanol–water partition coefficient (Wildman–Crippen LogP) is 4.79. The third kappa shape index (κ3) is 7.94. The first-order valence-electron chi connectivity index (χ1n) is 10.8. The standard InChI is InChI=1S/C24H37N3O2/c1-5-23(28-4)24(29-22-12-8-7-9-13-22)17-20(3)27(6-2)16-15-26-19-21-11-10-14-25-18-21/h5,10-11,14,17-18,22,26H,1,6-9,12-13,15-16,19H2,2-4H3/b20-17+,24-23-. The number of rotatable bonds is 12. The number of nitrogens with one attached hydrogen (secondary N) is 1. The second kappa shape index (κ2) is 13.0. The highest BCUT2D eigenvalue weighted by molar-refractivity contribution is 5.26. The molecule has 0 aromatic carbocycles. The van der Waals surface area contributed by atoms with Crippen LogP contribution in [0, 0.1) is 0 Å². The van der Waals surface area contributed by atoms with E-state index in [1.165, 1.54) is 24.8 Å². The number of pyridine rings is 1. The van der Waals surface area contributed by atoms with Crippen molar-refractivity contribution < 1.29 is 9.47 Å². The zero-order valence-electron chi connectivity index (χ0n) is 18.3. The Morgan fingerprint density at radius 3 is 2.72 bits per heavy atom. The summed E-state index contributed by atoms with van der Waals surface area (Å²) in [6, 6.07) is 4.05. The van der Waals surface area contributed by atoms with E-state index < -0.39 is 0 Å². The molecular weight excluding hydrogens is 362 g/mol. The molecule has 160 valence electrons. The van der Waals surface area contributed by atoms with Crippen LogP contribution in [0.5, 0.6) is 0 Å². The van der Waals surface area contributed by atoms with Crippen molar-refractivity contribution in [3.8, 4) is 0 Å². The van der Waals surface area contributed by atoms with Crippen molar-refractivity contribution in [3.05, 3.63) is 66.0 Å². The van der Waals surface area contributed by atoms with Crippen LogP contribution in [0.25, 0.3) is 0 Å². The molecule has 0 amide bonds. The van der Waals surface area contributed by atoms with E-state index in [0.29, 0.717) is 5.76 Å². The molecule has 0 radical (unpaired) electrons. The smallest absolute Gasteiger partial charge is 0.163 e. The molecular formula is C24H37N3O2. The van der Waals surface area contributed by atoms with E-state index in [1.807, 2.05) is 12.3 Å². The Balaban J connectivity index is 1.97. The van der Waals surface area contributed by atoms with Gasteiger partial charge in [0.1, 0.15) is 0 Å². The van der Waals surface area contributed by atoms with Crippen molar-refractivity contribution in [2.24, 2.45) is 0 Å². The number of hydrogen-bond donors (Lipinski definition) is 1. The summed E-state index contributed by atoms with van der Waals surface area (Å²) in [7, 11) is 1.67. The van der Waals surface area contributed by atoms with E-state index in [4.69, 9.17) is 9.47 Å². The van der Waals surface area contributed by atoms with Gasteiger partial charge in [-0.1, -0.05) is 19.1 Å². The van der Waals surface area contributed by atoms with E-state index in [1.54, 1.807) is 19.4 Å². The molecule has 0 unspecified atom stereocenters. The van der Waals surface area contributed by atoms with Gasteiger partial charge in [0, 0.05) is 50.3 Å². The van der Waals surface area contributed by atoms with Crippen molar-refractivity contribution >= 4 is 0 Å². The summed E-state index contributed by atoms with van der Waals surface area (Å²) in [6.07, 6.45) is 13.8. The van der Waals surface area contributed by atoms with E-state index in [9.17, 15) is 0 Å². The van der Waals surface area contributed by atoms with Crippen LogP contribution in [0.3, 0.4) is 0 Å². The molecule has 5 nitrogen and oxygen atoms in total. The van der Waals surface area contributed by atoms with Crippen LogP contribution in [0.4, 0.5) is 0 Å². The number of methoxy groups -OCH3 is 1. The molecule has 29 heavy (non-hydrogen) atoms. The van der Waals surface area contributed by atoms with Gasteiger partial charge in [-0.2, -0.15) is 0 Å². The lowest BCUT2D eigenvalue weighted by Gasteiger charge is -2.27. The molecule has 1 saturated carbocycles. The Bertz CT molecular complexity index is 664. The largest absolute Gasteiger partial charge is 0.493 e. The van der Waals surface area contributed by atoms with Crippen LogP contribution in [-0.4, -0.2) is 42.7 Å². The fraction of sp³-hybridized carbons (Fsp3) is 0.542. The van der Waals surface area contributed by atoms with Gasteiger partial charge in [-0.05, 0) is 57.2 Å². The average molecular weight is 400 g/mol. The fourth-order valence-electron chi connectivity index (χ4n) is 3.62. The normalized spacial score (nSPS) is 16.2. The Labute approximate surface area is 176 Å². The minimum Gasteiger partial charge on any atom is -0.493 e. The summed E-state index contributed by atoms with van der Waals surface area (Å²) in [6.45, 7) is 11.8. The summed E-state index contributed by atoms with van der Waals surface area (Å²) in [5, 5.41) is 3.49. The van der Waals surface area contributed by atoms with Crippen LogP contribution in [-0.2, 0) is 16.0 Å². The van der Waals surface area contributed by atoms with Crippen molar-refractivity contribution in [3.63, 3.8) is 0 Å². The maximum Gasteiger partial charge on any atom is 0.163 e. The minimum atomic E-state index is 0.268. The van der Waals surface area contributed by atoms with E-state index in [2.05, 4.69) is 47.8 Å². The maximum atomic E-state index is 6.34. The topological polar surface area (TPSA) is 46.6 Å². The summed E-state index contributed by atoms with van der Waals surface area (Å²) in [4.78, 5) is 6.50. The van der Waals surface area contributed by atoms with Gasteiger partial charge in [0.2, 0.25) is 0 Å². The summed E-state index contributed by atoms with van der Waals surface area (Å²) >= 11 is 0. The number of hydrogen-bond acceptors (Lipinski definition) is 5. The average Bonchev–Trinajstić information content (AvgIpc) is 2.76. The fourth-order valence-corrected chi connectivity index (χ4v) is 3.62. The Morgan fingerprint density at radius 2 is 2.10 bits per heavy atom. The highest BCUT2D eigenvalue weighted by atomic mass is 16.5. The third-order valence-corrected chi connectivity index (χ3v) is 5.32. The number of allylic oxidation sites excluding steroid dienone is 3. The van der Waals surface area contributed by atoms with Gasteiger partial charge in [-0.25, -0.2) is 0 Å². The van der Waals surface area contributed by atoms with Gasteiger partial charge in [0.05, 0.1) is 13.2 Å². The minimum absolute atomic E-state index is 0.268. The molecule has 5 heteroatoms. The number of ether oxygens (including phenoxy) is 2. The van der Waals surface area contributed by atoms with Gasteiger partial charge in [-0.15, -0.1) is 0 Å². The molecule has 1 N–H and O–H groups in total. The van der Waals surface area contributed by atoms with Crippen LogP contribution in [0.2, 0.25) is 0 Å². The van der Waals surface area contributed by atoms with Crippen LogP contribution < -0.4 is 5.32 Å². The van der Waals surface area contributed by atoms with Gasteiger partial charge in [0.15, 0.2) is 11.5 Å². The Hall–Kier alpha value is -2.27. The lowest BCUT2D eigenvalue weighted by molar-refractivity contribution is 0.0794. The maximum absolute atomic E-state index is 6.34. The Kier molecular flexibility index (Phi) is 10.4. The van der Waals surface area contributed by atoms with E-state index in [-0.39, 0.29) is 6.10 Å². The second-order valence-corrected chi connectivity index (χ2v) is 7.42. The molecule has 0 atom stereocenters. The zero-order chi connectivity index (χ0) is 20.9. The molecule has 1 aromatic rings.